The highest BCUT2D eigenvalue weighted by atomic mass is 32.1. The van der Waals surface area contributed by atoms with Crippen molar-refractivity contribution in [1.29, 1.82) is 0 Å². The highest BCUT2D eigenvalue weighted by Gasteiger charge is 2.02. The molecule has 2 rings (SSSR count). The summed E-state index contributed by atoms with van der Waals surface area (Å²) in [7, 11) is 1.85. The van der Waals surface area contributed by atoms with E-state index in [9.17, 15) is 0 Å². The van der Waals surface area contributed by atoms with Crippen molar-refractivity contribution in [2.45, 2.75) is 6.54 Å². The molecule has 2 aromatic rings. The first-order valence-corrected chi connectivity index (χ1v) is 5.19. The lowest BCUT2D eigenvalue weighted by atomic mass is 10.4. The average molecular weight is 208 g/mol. The molecular weight excluding hydrogens is 196 g/mol. The minimum atomic E-state index is 0.684. The Morgan fingerprint density at radius 1 is 1.64 bits per heavy atom. The Labute approximate surface area is 86.4 Å². The van der Waals surface area contributed by atoms with Gasteiger partial charge in [-0.3, -0.25) is 4.68 Å². The number of hydrogen-bond donors (Lipinski definition) is 2. The zero-order valence-corrected chi connectivity index (χ0v) is 8.71. The number of aryl methyl sites for hydroxylation is 1. The first kappa shape index (κ1) is 9.08. The van der Waals surface area contributed by atoms with Gasteiger partial charge in [0.05, 0.1) is 12.2 Å². The van der Waals surface area contributed by atoms with Crippen molar-refractivity contribution in [2.24, 2.45) is 7.05 Å². The maximum absolute atomic E-state index is 5.74. The third kappa shape index (κ3) is 1.88. The number of aromatic nitrogens is 2. The predicted octanol–water partition coefficient (Wildman–Crippen LogP) is 1.68. The van der Waals surface area contributed by atoms with Crippen LogP contribution in [0.25, 0.3) is 0 Å². The van der Waals surface area contributed by atoms with Crippen LogP contribution in [-0.2, 0) is 13.6 Å². The van der Waals surface area contributed by atoms with Crippen LogP contribution in [0.5, 0.6) is 0 Å². The summed E-state index contributed by atoms with van der Waals surface area (Å²) in [5.74, 6) is 0.751. The fraction of sp³-hybridized carbons (Fsp3) is 0.222. The Bertz CT molecular complexity index is 404. The molecule has 0 aliphatic carbocycles. The Kier molecular flexibility index (Phi) is 2.41. The summed E-state index contributed by atoms with van der Waals surface area (Å²) in [6, 6.07) is 4.11. The van der Waals surface area contributed by atoms with Crippen molar-refractivity contribution in [2.75, 3.05) is 11.1 Å². The van der Waals surface area contributed by atoms with Gasteiger partial charge >= 0.3 is 0 Å². The zero-order chi connectivity index (χ0) is 9.97. The fourth-order valence-corrected chi connectivity index (χ4v) is 1.87. The Balaban J connectivity index is 2.01. The quantitative estimate of drug-likeness (QED) is 0.806. The second kappa shape index (κ2) is 3.71. The largest absolute Gasteiger partial charge is 0.394 e. The molecule has 0 saturated carbocycles. The summed E-state index contributed by atoms with van der Waals surface area (Å²) in [6.07, 6.45) is 1.79. The number of hydrogen-bond acceptors (Lipinski definition) is 4. The predicted molar refractivity (Wildman–Crippen MR) is 59.3 cm³/mol. The van der Waals surface area contributed by atoms with Crippen LogP contribution in [0.15, 0.2) is 23.7 Å². The molecule has 74 valence electrons. The summed E-state index contributed by atoms with van der Waals surface area (Å²) >= 11 is 1.72. The van der Waals surface area contributed by atoms with Crippen LogP contribution in [0.4, 0.5) is 11.5 Å². The molecule has 14 heavy (non-hydrogen) atoms. The van der Waals surface area contributed by atoms with E-state index in [0.717, 1.165) is 12.4 Å². The van der Waals surface area contributed by atoms with Crippen molar-refractivity contribution in [3.05, 3.63) is 28.6 Å². The Hall–Kier alpha value is -1.49. The van der Waals surface area contributed by atoms with Crippen molar-refractivity contribution in [3.63, 3.8) is 0 Å². The molecule has 0 amide bonds. The summed E-state index contributed by atoms with van der Waals surface area (Å²) in [6.45, 7) is 0.777. The summed E-state index contributed by atoms with van der Waals surface area (Å²) in [5.41, 5.74) is 6.42. The summed E-state index contributed by atoms with van der Waals surface area (Å²) in [4.78, 5) is 1.27. The molecule has 0 aliphatic heterocycles. The van der Waals surface area contributed by atoms with Crippen LogP contribution < -0.4 is 11.1 Å². The maximum atomic E-state index is 5.74. The Morgan fingerprint density at radius 3 is 3.07 bits per heavy atom. The van der Waals surface area contributed by atoms with Crippen LogP contribution in [-0.4, -0.2) is 9.78 Å². The van der Waals surface area contributed by atoms with E-state index in [0.29, 0.717) is 5.69 Å². The third-order valence-corrected chi connectivity index (χ3v) is 2.74. The third-order valence-electron chi connectivity index (χ3n) is 1.87. The van der Waals surface area contributed by atoms with E-state index in [4.69, 9.17) is 5.73 Å². The average Bonchev–Trinajstić information content (AvgIpc) is 2.72. The number of rotatable bonds is 3. The number of nitrogens with zero attached hydrogens (tertiary/aromatic N) is 2. The SMILES string of the molecule is Cn1cc(N)c(NCc2cccs2)n1. The maximum Gasteiger partial charge on any atom is 0.171 e. The monoisotopic (exact) mass is 208 g/mol. The zero-order valence-electron chi connectivity index (χ0n) is 7.90. The molecule has 0 saturated heterocycles. The van der Waals surface area contributed by atoms with Crippen LogP contribution in [0.1, 0.15) is 4.88 Å². The van der Waals surface area contributed by atoms with Gasteiger partial charge in [-0.15, -0.1) is 11.3 Å². The molecule has 0 aromatic carbocycles. The van der Waals surface area contributed by atoms with Gasteiger partial charge in [0.15, 0.2) is 5.82 Å². The number of nitrogens with two attached hydrogens (primary N) is 1. The standard InChI is InChI=1S/C9H12N4S/c1-13-6-8(10)9(12-13)11-5-7-3-2-4-14-7/h2-4,6H,5,10H2,1H3,(H,11,12). The molecule has 0 bridgehead atoms. The normalized spacial score (nSPS) is 10.4. The molecule has 0 unspecified atom stereocenters. The van der Waals surface area contributed by atoms with Gasteiger partial charge in [-0.2, -0.15) is 5.10 Å². The highest BCUT2D eigenvalue weighted by molar-refractivity contribution is 7.09. The van der Waals surface area contributed by atoms with Gasteiger partial charge in [-0.25, -0.2) is 0 Å². The summed E-state index contributed by atoms with van der Waals surface area (Å²) in [5, 5.41) is 9.44. The van der Waals surface area contributed by atoms with Gasteiger partial charge in [0.1, 0.15) is 0 Å². The molecule has 0 radical (unpaired) electrons. The minimum Gasteiger partial charge on any atom is -0.394 e. The first-order valence-electron chi connectivity index (χ1n) is 4.31. The fourth-order valence-electron chi connectivity index (χ4n) is 1.23. The topological polar surface area (TPSA) is 55.9 Å². The van der Waals surface area contributed by atoms with E-state index in [1.54, 1.807) is 22.2 Å². The molecule has 0 spiro atoms. The van der Waals surface area contributed by atoms with Gasteiger partial charge in [0, 0.05) is 18.1 Å². The molecule has 3 N–H and O–H groups in total. The lowest BCUT2D eigenvalue weighted by Gasteiger charge is -2.00. The smallest absolute Gasteiger partial charge is 0.171 e. The van der Waals surface area contributed by atoms with Gasteiger partial charge < -0.3 is 11.1 Å². The number of thiophene rings is 1. The minimum absolute atomic E-state index is 0.684. The first-order chi connectivity index (χ1) is 6.75. The van der Waals surface area contributed by atoms with Crippen LogP contribution >= 0.6 is 11.3 Å². The molecule has 0 aliphatic rings. The van der Waals surface area contributed by atoms with Crippen molar-refractivity contribution in [1.82, 2.24) is 9.78 Å². The van der Waals surface area contributed by atoms with Gasteiger partial charge in [-0.05, 0) is 11.4 Å². The van der Waals surface area contributed by atoms with Crippen LogP contribution in [0.2, 0.25) is 0 Å². The molecule has 2 aromatic heterocycles. The van der Waals surface area contributed by atoms with E-state index in [1.165, 1.54) is 4.88 Å². The van der Waals surface area contributed by atoms with Gasteiger partial charge in [0.25, 0.3) is 0 Å². The van der Waals surface area contributed by atoms with E-state index in [2.05, 4.69) is 21.9 Å². The van der Waals surface area contributed by atoms with Crippen molar-refractivity contribution >= 4 is 22.8 Å². The highest BCUT2D eigenvalue weighted by Crippen LogP contribution is 2.16. The lowest BCUT2D eigenvalue weighted by Crippen LogP contribution is -2.00. The second-order valence-corrected chi connectivity index (χ2v) is 4.07. The van der Waals surface area contributed by atoms with Gasteiger partial charge in [-0.1, -0.05) is 6.07 Å². The van der Waals surface area contributed by atoms with Gasteiger partial charge in [0.2, 0.25) is 0 Å². The van der Waals surface area contributed by atoms with Crippen LogP contribution in [0, 0.1) is 0 Å². The molecule has 2 heterocycles. The van der Waals surface area contributed by atoms with Crippen LogP contribution in [0.3, 0.4) is 0 Å². The van der Waals surface area contributed by atoms with E-state index in [1.807, 2.05) is 13.1 Å². The molecular formula is C9H12N4S. The molecule has 0 fully saturated rings. The lowest BCUT2D eigenvalue weighted by molar-refractivity contribution is 0.768. The molecule has 5 heteroatoms. The molecule has 4 nitrogen and oxygen atoms in total. The number of anilines is 2. The van der Waals surface area contributed by atoms with E-state index >= 15 is 0 Å². The Morgan fingerprint density at radius 2 is 2.50 bits per heavy atom. The van der Waals surface area contributed by atoms with E-state index in [-0.39, 0.29) is 0 Å². The number of nitrogen functional groups attached to an aromatic ring is 1. The summed E-state index contributed by atoms with van der Waals surface area (Å²) < 4.78 is 1.70. The molecule has 0 atom stereocenters. The number of nitrogens with one attached hydrogen (secondary N) is 1. The van der Waals surface area contributed by atoms with Crippen molar-refractivity contribution in [3.8, 4) is 0 Å². The second-order valence-electron chi connectivity index (χ2n) is 3.04. The van der Waals surface area contributed by atoms with Crippen molar-refractivity contribution < 1.29 is 0 Å². The van der Waals surface area contributed by atoms with E-state index < -0.39 is 0 Å².